The molecule has 0 spiro atoms. The molecule has 0 N–H and O–H groups in total. The van der Waals surface area contributed by atoms with Gasteiger partial charge in [0.1, 0.15) is 0 Å². The van der Waals surface area contributed by atoms with Crippen molar-refractivity contribution in [2.24, 2.45) is 0 Å². The molecule has 0 bridgehead atoms. The second kappa shape index (κ2) is 14.1. The van der Waals surface area contributed by atoms with E-state index in [9.17, 15) is 0 Å². The Morgan fingerprint density at radius 3 is 1.41 bits per heavy atom. The third-order valence-electron chi connectivity index (χ3n) is 11.2. The Hall–Kier alpha value is -6.79. The standard InChI is InChI=1S/C54H37OP/c55-56(42-21-6-2-7-22-42,43-23-8-3-9-24-43)44-35-36-51-52(37-44)54(48-27-13-12-26-47(48)38-17-4-1-5-18-38)50-29-15-14-28-49(50)53(51)41-33-31-40(32-34-41)46-30-16-20-39-19-10-11-25-45(39)46/h1-37H. The number of hydrogen-bond acceptors (Lipinski definition) is 1. The lowest BCUT2D eigenvalue weighted by Crippen LogP contribution is -2.25. The summed E-state index contributed by atoms with van der Waals surface area (Å²) in [5.74, 6) is 0. The molecule has 2 heteroatoms. The van der Waals surface area contributed by atoms with Crippen LogP contribution in [-0.4, -0.2) is 0 Å². The third-order valence-corrected chi connectivity index (χ3v) is 14.2. The first-order valence-corrected chi connectivity index (χ1v) is 20.8. The van der Waals surface area contributed by atoms with Gasteiger partial charge in [-0.1, -0.05) is 218 Å². The number of hydrogen-bond donors (Lipinski definition) is 0. The highest BCUT2D eigenvalue weighted by Gasteiger charge is 2.31. The van der Waals surface area contributed by atoms with Crippen LogP contribution in [0.15, 0.2) is 224 Å². The Morgan fingerprint density at radius 1 is 0.268 bits per heavy atom. The lowest BCUT2D eigenvalue weighted by molar-refractivity contribution is 0.592. The maximum absolute atomic E-state index is 15.9. The van der Waals surface area contributed by atoms with Crippen molar-refractivity contribution in [2.75, 3.05) is 0 Å². The van der Waals surface area contributed by atoms with E-state index >= 15 is 4.57 Å². The fourth-order valence-corrected chi connectivity index (χ4v) is 11.2. The molecular formula is C54H37OP. The fourth-order valence-electron chi connectivity index (χ4n) is 8.55. The summed E-state index contributed by atoms with van der Waals surface area (Å²) in [6.45, 7) is 0. The van der Waals surface area contributed by atoms with E-state index in [1.165, 1.54) is 32.8 Å². The first-order valence-electron chi connectivity index (χ1n) is 19.1. The number of benzene rings is 10. The first-order chi connectivity index (χ1) is 27.7. The third kappa shape index (κ3) is 5.68. The van der Waals surface area contributed by atoms with E-state index < -0.39 is 7.14 Å². The molecule has 0 aliphatic rings. The second-order valence-electron chi connectivity index (χ2n) is 14.3. The summed E-state index contributed by atoms with van der Waals surface area (Å²) >= 11 is 0. The molecule has 0 saturated carbocycles. The van der Waals surface area contributed by atoms with E-state index in [1.54, 1.807) is 0 Å². The smallest absolute Gasteiger partial charge is 0.171 e. The molecule has 0 radical (unpaired) electrons. The van der Waals surface area contributed by atoms with E-state index in [-0.39, 0.29) is 0 Å². The Morgan fingerprint density at radius 2 is 0.732 bits per heavy atom. The Labute approximate surface area is 327 Å². The highest BCUT2D eigenvalue weighted by Crippen LogP contribution is 2.49. The second-order valence-corrected chi connectivity index (χ2v) is 17.1. The normalized spacial score (nSPS) is 11.6. The van der Waals surface area contributed by atoms with E-state index in [0.717, 1.165) is 59.9 Å². The van der Waals surface area contributed by atoms with E-state index in [2.05, 4.69) is 164 Å². The van der Waals surface area contributed by atoms with Crippen molar-refractivity contribution in [3.63, 3.8) is 0 Å². The molecular weight excluding hydrogens is 696 g/mol. The zero-order valence-corrected chi connectivity index (χ0v) is 31.6. The Balaban J connectivity index is 1.28. The molecule has 10 aromatic rings. The van der Waals surface area contributed by atoms with Crippen molar-refractivity contribution < 1.29 is 4.57 Å². The van der Waals surface area contributed by atoms with Crippen LogP contribution in [0, 0.1) is 0 Å². The Bertz CT molecular complexity index is 3030. The minimum Gasteiger partial charge on any atom is -0.309 e. The number of fused-ring (bicyclic) bond motifs is 3. The molecule has 0 saturated heterocycles. The molecule has 10 rings (SSSR count). The minimum atomic E-state index is -3.27. The van der Waals surface area contributed by atoms with Gasteiger partial charge in [0.15, 0.2) is 7.14 Å². The van der Waals surface area contributed by atoms with Crippen LogP contribution in [-0.2, 0) is 4.57 Å². The summed E-state index contributed by atoms with van der Waals surface area (Å²) in [6, 6.07) is 78.8. The zero-order chi connectivity index (χ0) is 37.5. The molecule has 0 unspecified atom stereocenters. The highest BCUT2D eigenvalue weighted by atomic mass is 31.2. The van der Waals surface area contributed by atoms with Gasteiger partial charge in [0.05, 0.1) is 0 Å². The van der Waals surface area contributed by atoms with Gasteiger partial charge in [-0.3, -0.25) is 0 Å². The van der Waals surface area contributed by atoms with Crippen molar-refractivity contribution in [1.29, 1.82) is 0 Å². The van der Waals surface area contributed by atoms with E-state index in [0.29, 0.717) is 0 Å². The van der Waals surface area contributed by atoms with Gasteiger partial charge in [-0.25, -0.2) is 0 Å². The SMILES string of the molecule is O=P(c1ccccc1)(c1ccccc1)c1ccc2c(-c3ccc(-c4cccc5ccccc45)cc3)c3ccccc3c(-c3ccccc3-c3ccccc3)c2c1. The summed E-state index contributed by atoms with van der Waals surface area (Å²) in [5, 5.41) is 9.46. The van der Waals surface area contributed by atoms with Crippen molar-refractivity contribution in [3.05, 3.63) is 224 Å². The first kappa shape index (κ1) is 33.8. The van der Waals surface area contributed by atoms with Crippen LogP contribution in [0.5, 0.6) is 0 Å². The van der Waals surface area contributed by atoms with Gasteiger partial charge in [-0.05, 0) is 82.9 Å². The summed E-state index contributed by atoms with van der Waals surface area (Å²) in [5.41, 5.74) is 9.31. The topological polar surface area (TPSA) is 17.1 Å². The van der Waals surface area contributed by atoms with Gasteiger partial charge in [0.25, 0.3) is 0 Å². The lowest BCUT2D eigenvalue weighted by atomic mass is 9.83. The summed E-state index contributed by atoms with van der Waals surface area (Å²) in [4.78, 5) is 0. The Kier molecular flexibility index (Phi) is 8.52. The maximum atomic E-state index is 15.9. The average Bonchev–Trinajstić information content (AvgIpc) is 3.28. The van der Waals surface area contributed by atoms with Crippen LogP contribution in [0.4, 0.5) is 0 Å². The number of rotatable bonds is 7. The lowest BCUT2D eigenvalue weighted by Gasteiger charge is -2.23. The van der Waals surface area contributed by atoms with Crippen LogP contribution in [0.25, 0.3) is 76.8 Å². The molecule has 10 aromatic carbocycles. The van der Waals surface area contributed by atoms with E-state index in [1.807, 2.05) is 60.7 Å². The molecule has 0 fully saturated rings. The quantitative estimate of drug-likeness (QED) is 0.118. The maximum Gasteiger partial charge on any atom is 0.171 e. The van der Waals surface area contributed by atoms with Crippen LogP contribution in [0.1, 0.15) is 0 Å². The molecule has 1 nitrogen and oxygen atoms in total. The molecule has 0 amide bonds. The zero-order valence-electron chi connectivity index (χ0n) is 30.7. The minimum absolute atomic E-state index is 0.813. The average molecular weight is 733 g/mol. The molecule has 0 aliphatic carbocycles. The molecule has 0 aliphatic heterocycles. The van der Waals surface area contributed by atoms with Gasteiger partial charge in [-0.2, -0.15) is 0 Å². The predicted octanol–water partition coefficient (Wildman–Crippen LogP) is 13.5. The summed E-state index contributed by atoms with van der Waals surface area (Å²) in [6.07, 6.45) is 0. The molecule has 0 atom stereocenters. The van der Waals surface area contributed by atoms with Gasteiger partial charge in [-0.15, -0.1) is 0 Å². The van der Waals surface area contributed by atoms with Gasteiger partial charge in [0.2, 0.25) is 0 Å². The fraction of sp³-hybridized carbons (Fsp3) is 0. The van der Waals surface area contributed by atoms with Crippen molar-refractivity contribution in [2.45, 2.75) is 0 Å². The van der Waals surface area contributed by atoms with Gasteiger partial charge in [0, 0.05) is 15.9 Å². The molecule has 264 valence electrons. The van der Waals surface area contributed by atoms with Crippen molar-refractivity contribution >= 4 is 55.4 Å². The monoisotopic (exact) mass is 732 g/mol. The van der Waals surface area contributed by atoms with Crippen LogP contribution >= 0.6 is 7.14 Å². The summed E-state index contributed by atoms with van der Waals surface area (Å²) in [7, 11) is -3.27. The summed E-state index contributed by atoms with van der Waals surface area (Å²) < 4.78 is 15.9. The largest absolute Gasteiger partial charge is 0.309 e. The van der Waals surface area contributed by atoms with Crippen LogP contribution < -0.4 is 15.9 Å². The van der Waals surface area contributed by atoms with Crippen molar-refractivity contribution in [1.82, 2.24) is 0 Å². The van der Waals surface area contributed by atoms with E-state index in [4.69, 9.17) is 0 Å². The molecule has 56 heavy (non-hydrogen) atoms. The van der Waals surface area contributed by atoms with Gasteiger partial charge < -0.3 is 4.57 Å². The molecule has 0 heterocycles. The van der Waals surface area contributed by atoms with Crippen molar-refractivity contribution in [3.8, 4) is 44.5 Å². The van der Waals surface area contributed by atoms with Crippen LogP contribution in [0.2, 0.25) is 0 Å². The van der Waals surface area contributed by atoms with Gasteiger partial charge >= 0.3 is 0 Å². The molecule has 0 aromatic heterocycles. The highest BCUT2D eigenvalue weighted by molar-refractivity contribution is 7.85. The predicted molar refractivity (Wildman–Crippen MR) is 240 cm³/mol. The van der Waals surface area contributed by atoms with Crippen LogP contribution in [0.3, 0.4) is 0 Å².